The minimum absolute atomic E-state index is 0.163. The van der Waals surface area contributed by atoms with Crippen LogP contribution in [0.4, 0.5) is 0 Å². The van der Waals surface area contributed by atoms with E-state index in [0.717, 1.165) is 5.56 Å². The molecule has 1 aromatic carbocycles. The molecule has 3 rings (SSSR count). The number of aromatic nitrogens is 2. The Hall–Kier alpha value is -3.06. The summed E-state index contributed by atoms with van der Waals surface area (Å²) in [6.45, 7) is 3.42. The number of ether oxygens (including phenoxy) is 1. The van der Waals surface area contributed by atoms with Crippen LogP contribution in [0.2, 0.25) is 0 Å². The summed E-state index contributed by atoms with van der Waals surface area (Å²) in [5.41, 5.74) is 1.82. The van der Waals surface area contributed by atoms with Crippen molar-refractivity contribution in [2.45, 2.75) is 26.0 Å². The number of rotatable bonds is 6. The summed E-state index contributed by atoms with van der Waals surface area (Å²) in [7, 11) is 0. The molecule has 138 valence electrons. The second-order valence-electron chi connectivity index (χ2n) is 5.94. The van der Waals surface area contributed by atoms with Crippen LogP contribution in [0.5, 0.6) is 0 Å². The van der Waals surface area contributed by atoms with Crippen LogP contribution in [0, 0.1) is 0 Å². The molecule has 0 spiro atoms. The Morgan fingerprint density at radius 1 is 1.07 bits per heavy atom. The zero-order valence-electron chi connectivity index (χ0n) is 15.0. The normalized spacial score (nSPS) is 12.8. The Morgan fingerprint density at radius 3 is 2.52 bits per heavy atom. The molecule has 1 amide bonds. The van der Waals surface area contributed by atoms with Gasteiger partial charge in [-0.25, -0.2) is 9.78 Å². The Balaban J connectivity index is 1.59. The number of amides is 1. The molecule has 0 aliphatic heterocycles. The van der Waals surface area contributed by atoms with Crippen LogP contribution in [0.3, 0.4) is 0 Å². The van der Waals surface area contributed by atoms with Gasteiger partial charge in [0, 0.05) is 11.6 Å². The SMILES string of the molecule is CC(OC(=O)c1csc(-c2ccccn2)n1)C(=O)NC(C)c1ccccc1. The first-order valence-corrected chi connectivity index (χ1v) is 9.36. The topological polar surface area (TPSA) is 81.2 Å². The van der Waals surface area contributed by atoms with E-state index in [1.165, 1.54) is 18.3 Å². The number of carbonyl (C=O) groups is 2. The first-order chi connectivity index (χ1) is 13.0. The minimum atomic E-state index is -0.927. The number of hydrogen-bond donors (Lipinski definition) is 1. The zero-order chi connectivity index (χ0) is 19.2. The summed E-state index contributed by atoms with van der Waals surface area (Å²) in [5.74, 6) is -0.997. The molecule has 3 aromatic rings. The molecule has 1 N–H and O–H groups in total. The standard InChI is InChI=1S/C20H19N3O3S/c1-13(15-8-4-3-5-9-15)22-18(24)14(2)26-20(25)17-12-27-19(23-17)16-10-6-7-11-21-16/h3-14H,1-2H3,(H,22,24). The van der Waals surface area contributed by atoms with E-state index in [4.69, 9.17) is 4.74 Å². The molecule has 2 unspecified atom stereocenters. The van der Waals surface area contributed by atoms with Gasteiger partial charge in [-0.3, -0.25) is 9.78 Å². The van der Waals surface area contributed by atoms with E-state index < -0.39 is 12.1 Å². The lowest BCUT2D eigenvalue weighted by Crippen LogP contribution is -2.37. The van der Waals surface area contributed by atoms with Crippen molar-refractivity contribution in [3.63, 3.8) is 0 Å². The van der Waals surface area contributed by atoms with Crippen molar-refractivity contribution in [2.75, 3.05) is 0 Å². The van der Waals surface area contributed by atoms with E-state index in [9.17, 15) is 9.59 Å². The predicted octanol–water partition coefficient (Wildman–Crippen LogP) is 3.63. The average molecular weight is 381 g/mol. The highest BCUT2D eigenvalue weighted by atomic mass is 32.1. The van der Waals surface area contributed by atoms with Gasteiger partial charge >= 0.3 is 5.97 Å². The Labute approximate surface area is 161 Å². The van der Waals surface area contributed by atoms with Gasteiger partial charge < -0.3 is 10.1 Å². The number of pyridine rings is 1. The Kier molecular flexibility index (Phi) is 5.93. The van der Waals surface area contributed by atoms with E-state index >= 15 is 0 Å². The fourth-order valence-corrected chi connectivity index (χ4v) is 3.17. The van der Waals surface area contributed by atoms with Crippen molar-refractivity contribution >= 4 is 23.2 Å². The van der Waals surface area contributed by atoms with Crippen molar-refractivity contribution in [3.05, 3.63) is 71.4 Å². The van der Waals surface area contributed by atoms with E-state index in [1.54, 1.807) is 11.6 Å². The second kappa shape index (κ2) is 8.55. The third-order valence-electron chi connectivity index (χ3n) is 3.91. The summed E-state index contributed by atoms with van der Waals surface area (Å²) < 4.78 is 5.26. The lowest BCUT2D eigenvalue weighted by molar-refractivity contribution is -0.129. The number of hydrogen-bond acceptors (Lipinski definition) is 6. The van der Waals surface area contributed by atoms with Gasteiger partial charge in [0.1, 0.15) is 5.01 Å². The monoisotopic (exact) mass is 381 g/mol. The fraction of sp³-hybridized carbons (Fsp3) is 0.200. The molecule has 7 heteroatoms. The van der Waals surface area contributed by atoms with E-state index in [2.05, 4.69) is 15.3 Å². The molecular formula is C20H19N3O3S. The van der Waals surface area contributed by atoms with Crippen LogP contribution in [0.1, 0.15) is 35.9 Å². The fourth-order valence-electron chi connectivity index (χ4n) is 2.40. The van der Waals surface area contributed by atoms with Crippen LogP contribution in [0.25, 0.3) is 10.7 Å². The molecule has 2 aromatic heterocycles. The minimum Gasteiger partial charge on any atom is -0.448 e. The number of nitrogens with one attached hydrogen (secondary N) is 1. The van der Waals surface area contributed by atoms with E-state index in [-0.39, 0.29) is 17.6 Å². The van der Waals surface area contributed by atoms with Gasteiger partial charge in [-0.2, -0.15) is 0 Å². The molecule has 0 fully saturated rings. The van der Waals surface area contributed by atoms with Crippen molar-refractivity contribution in [1.82, 2.24) is 15.3 Å². The predicted molar refractivity (Wildman–Crippen MR) is 103 cm³/mol. The van der Waals surface area contributed by atoms with Crippen LogP contribution < -0.4 is 5.32 Å². The molecule has 0 aliphatic rings. The van der Waals surface area contributed by atoms with Crippen molar-refractivity contribution < 1.29 is 14.3 Å². The zero-order valence-corrected chi connectivity index (χ0v) is 15.8. The molecule has 6 nitrogen and oxygen atoms in total. The summed E-state index contributed by atoms with van der Waals surface area (Å²) >= 11 is 1.30. The van der Waals surface area contributed by atoms with Crippen LogP contribution in [-0.2, 0) is 9.53 Å². The maximum absolute atomic E-state index is 12.3. The maximum atomic E-state index is 12.3. The second-order valence-corrected chi connectivity index (χ2v) is 6.80. The van der Waals surface area contributed by atoms with E-state index in [0.29, 0.717) is 10.7 Å². The number of nitrogens with zero attached hydrogens (tertiary/aromatic N) is 2. The quantitative estimate of drug-likeness (QED) is 0.660. The highest BCUT2D eigenvalue weighted by Crippen LogP contribution is 2.22. The van der Waals surface area contributed by atoms with Crippen LogP contribution in [-0.4, -0.2) is 27.9 Å². The van der Waals surface area contributed by atoms with Crippen molar-refractivity contribution in [1.29, 1.82) is 0 Å². The van der Waals surface area contributed by atoms with Gasteiger partial charge in [0.15, 0.2) is 11.8 Å². The van der Waals surface area contributed by atoms with E-state index in [1.807, 2.05) is 55.5 Å². The van der Waals surface area contributed by atoms with Gasteiger partial charge in [0.25, 0.3) is 5.91 Å². The summed E-state index contributed by atoms with van der Waals surface area (Å²) in [6.07, 6.45) is 0.735. The summed E-state index contributed by atoms with van der Waals surface area (Å²) in [4.78, 5) is 33.0. The van der Waals surface area contributed by atoms with Gasteiger partial charge in [0.05, 0.1) is 11.7 Å². The molecule has 0 saturated heterocycles. The highest BCUT2D eigenvalue weighted by Gasteiger charge is 2.22. The first-order valence-electron chi connectivity index (χ1n) is 8.48. The molecule has 0 aliphatic carbocycles. The maximum Gasteiger partial charge on any atom is 0.358 e. The molecule has 0 saturated carbocycles. The first kappa shape index (κ1) is 18.7. The number of thiazole rings is 1. The van der Waals surface area contributed by atoms with Gasteiger partial charge in [0.2, 0.25) is 0 Å². The largest absolute Gasteiger partial charge is 0.448 e. The summed E-state index contributed by atoms with van der Waals surface area (Å²) in [6, 6.07) is 14.9. The lowest BCUT2D eigenvalue weighted by atomic mass is 10.1. The van der Waals surface area contributed by atoms with Crippen LogP contribution >= 0.6 is 11.3 Å². The Morgan fingerprint density at radius 2 is 1.81 bits per heavy atom. The number of carbonyl (C=O) groups excluding carboxylic acids is 2. The van der Waals surface area contributed by atoms with Crippen molar-refractivity contribution in [2.24, 2.45) is 0 Å². The molecule has 2 heterocycles. The molecule has 0 bridgehead atoms. The third kappa shape index (κ3) is 4.77. The number of benzene rings is 1. The van der Waals surface area contributed by atoms with Gasteiger partial charge in [-0.05, 0) is 31.5 Å². The average Bonchev–Trinajstić information content (AvgIpc) is 3.19. The Bertz CT molecular complexity index is 912. The lowest BCUT2D eigenvalue weighted by Gasteiger charge is -2.18. The number of esters is 1. The highest BCUT2D eigenvalue weighted by molar-refractivity contribution is 7.13. The van der Waals surface area contributed by atoms with Gasteiger partial charge in [-0.1, -0.05) is 36.4 Å². The third-order valence-corrected chi connectivity index (χ3v) is 4.77. The van der Waals surface area contributed by atoms with Gasteiger partial charge in [-0.15, -0.1) is 11.3 Å². The van der Waals surface area contributed by atoms with Crippen molar-refractivity contribution in [3.8, 4) is 10.7 Å². The molecule has 2 atom stereocenters. The smallest absolute Gasteiger partial charge is 0.358 e. The molecule has 0 radical (unpaired) electrons. The molecule has 27 heavy (non-hydrogen) atoms. The van der Waals surface area contributed by atoms with Crippen LogP contribution in [0.15, 0.2) is 60.1 Å². The summed E-state index contributed by atoms with van der Waals surface area (Å²) in [5, 5.41) is 5.06. The molecular weight excluding hydrogens is 362 g/mol.